The van der Waals surface area contributed by atoms with E-state index < -0.39 is 0 Å². The molecule has 0 spiro atoms. The highest BCUT2D eigenvalue weighted by Gasteiger charge is 2.23. The Morgan fingerprint density at radius 3 is 2.15 bits per heavy atom. The van der Waals surface area contributed by atoms with Crippen LogP contribution in [-0.2, 0) is 0 Å². The average Bonchev–Trinajstić information content (AvgIpc) is 3.17. The van der Waals surface area contributed by atoms with Crippen LogP contribution in [0.3, 0.4) is 0 Å². The molecule has 3 aromatic heterocycles. The van der Waals surface area contributed by atoms with Gasteiger partial charge in [0.25, 0.3) is 0 Å². The molecule has 33 heavy (non-hydrogen) atoms. The number of unbranched alkanes of at least 4 members (excludes halogenated alkanes) is 1. The fourth-order valence-electron chi connectivity index (χ4n) is 4.79. The highest BCUT2D eigenvalue weighted by atomic mass is 15.0. The van der Waals surface area contributed by atoms with Crippen LogP contribution in [0.5, 0.6) is 0 Å². The SMILES string of the molecule is CCC=C=CC(CC(C)(C)CCCC)c1ccc(-n2c3cnccc3c3ccncc32)cc1. The number of benzene rings is 1. The van der Waals surface area contributed by atoms with Gasteiger partial charge in [-0.25, -0.2) is 0 Å². The summed E-state index contributed by atoms with van der Waals surface area (Å²) in [6, 6.07) is 13.2. The fraction of sp³-hybridized carbons (Fsp3) is 0.367. The van der Waals surface area contributed by atoms with Crippen LogP contribution in [0.2, 0.25) is 0 Å². The Bertz CT molecular complexity index is 1220. The molecule has 3 heteroatoms. The Balaban J connectivity index is 1.72. The summed E-state index contributed by atoms with van der Waals surface area (Å²) in [7, 11) is 0. The van der Waals surface area contributed by atoms with E-state index in [0.29, 0.717) is 11.3 Å². The molecule has 1 unspecified atom stereocenters. The number of hydrogen-bond acceptors (Lipinski definition) is 2. The van der Waals surface area contributed by atoms with Gasteiger partial charge in [-0.05, 0) is 66.7 Å². The zero-order chi connectivity index (χ0) is 23.3. The van der Waals surface area contributed by atoms with Crippen LogP contribution in [0.4, 0.5) is 0 Å². The Morgan fingerprint density at radius 2 is 1.58 bits per heavy atom. The maximum Gasteiger partial charge on any atom is 0.0725 e. The van der Waals surface area contributed by atoms with Gasteiger partial charge in [0, 0.05) is 34.8 Å². The van der Waals surface area contributed by atoms with E-state index in [1.165, 1.54) is 35.6 Å². The normalized spacial score (nSPS) is 12.6. The van der Waals surface area contributed by atoms with Crippen molar-refractivity contribution < 1.29 is 0 Å². The third-order valence-corrected chi connectivity index (χ3v) is 6.55. The van der Waals surface area contributed by atoms with Gasteiger partial charge in [0.15, 0.2) is 0 Å². The molecule has 0 aliphatic heterocycles. The number of hydrogen-bond donors (Lipinski definition) is 0. The molecule has 0 aliphatic carbocycles. The zero-order valence-corrected chi connectivity index (χ0v) is 20.4. The molecule has 170 valence electrons. The zero-order valence-electron chi connectivity index (χ0n) is 20.4. The Morgan fingerprint density at radius 1 is 0.939 bits per heavy atom. The summed E-state index contributed by atoms with van der Waals surface area (Å²) in [5.41, 5.74) is 8.43. The minimum absolute atomic E-state index is 0.300. The molecule has 4 rings (SSSR count). The van der Waals surface area contributed by atoms with Gasteiger partial charge in [-0.2, -0.15) is 0 Å². The van der Waals surface area contributed by atoms with Crippen LogP contribution < -0.4 is 0 Å². The van der Waals surface area contributed by atoms with Gasteiger partial charge in [0.2, 0.25) is 0 Å². The largest absolute Gasteiger partial charge is 0.306 e. The van der Waals surface area contributed by atoms with E-state index in [9.17, 15) is 0 Å². The molecular formula is C30H35N3. The molecule has 1 atom stereocenters. The first kappa shape index (κ1) is 23.0. The number of nitrogens with zero attached hydrogens (tertiary/aromatic N) is 3. The number of allylic oxidation sites excluding steroid dienone is 1. The summed E-state index contributed by atoms with van der Waals surface area (Å²) in [6.07, 6.45) is 17.9. The minimum atomic E-state index is 0.300. The number of rotatable bonds is 9. The Labute approximate surface area is 197 Å². The summed E-state index contributed by atoms with van der Waals surface area (Å²) >= 11 is 0. The van der Waals surface area contributed by atoms with Crippen molar-refractivity contribution in [2.24, 2.45) is 5.41 Å². The maximum absolute atomic E-state index is 4.39. The first-order valence-electron chi connectivity index (χ1n) is 12.2. The standard InChI is InChI=1S/C30H35N3/c1-5-7-9-10-24(20-30(3,4)17-8-6-2)23-11-13-25(14-12-23)33-28-21-31-18-15-26(28)27-16-19-32-22-29(27)33/h7,10-16,18-19,21-22,24H,5-6,8,17,20H2,1-4H3. The smallest absolute Gasteiger partial charge is 0.0725 e. The first-order valence-corrected chi connectivity index (χ1v) is 12.2. The van der Waals surface area contributed by atoms with E-state index in [4.69, 9.17) is 0 Å². The van der Waals surface area contributed by atoms with Crippen LogP contribution in [0.25, 0.3) is 27.5 Å². The van der Waals surface area contributed by atoms with Crippen molar-refractivity contribution in [3.05, 3.63) is 84.6 Å². The van der Waals surface area contributed by atoms with E-state index >= 15 is 0 Å². The fourth-order valence-corrected chi connectivity index (χ4v) is 4.79. The number of aromatic nitrogens is 3. The van der Waals surface area contributed by atoms with E-state index in [2.05, 4.69) is 96.5 Å². The second kappa shape index (κ2) is 10.2. The molecule has 0 saturated carbocycles. The van der Waals surface area contributed by atoms with E-state index in [1.807, 2.05) is 24.8 Å². The number of fused-ring (bicyclic) bond motifs is 3. The summed E-state index contributed by atoms with van der Waals surface area (Å²) in [5, 5.41) is 2.41. The molecule has 0 saturated heterocycles. The average molecular weight is 438 g/mol. The molecule has 0 bridgehead atoms. The van der Waals surface area contributed by atoms with Crippen molar-refractivity contribution >= 4 is 21.8 Å². The number of pyridine rings is 2. The molecule has 4 aromatic rings. The second-order valence-electron chi connectivity index (χ2n) is 9.74. The van der Waals surface area contributed by atoms with Crippen LogP contribution >= 0.6 is 0 Å². The van der Waals surface area contributed by atoms with E-state index in [0.717, 1.165) is 29.6 Å². The predicted molar refractivity (Wildman–Crippen MR) is 140 cm³/mol. The van der Waals surface area contributed by atoms with Crippen molar-refractivity contribution in [1.82, 2.24) is 14.5 Å². The van der Waals surface area contributed by atoms with E-state index in [-0.39, 0.29) is 0 Å². The van der Waals surface area contributed by atoms with E-state index in [1.54, 1.807) is 0 Å². The van der Waals surface area contributed by atoms with Gasteiger partial charge in [-0.1, -0.05) is 52.7 Å². The Kier molecular flexibility index (Phi) is 7.11. The van der Waals surface area contributed by atoms with Crippen LogP contribution in [0.15, 0.2) is 79.1 Å². The van der Waals surface area contributed by atoms with Crippen molar-refractivity contribution in [2.45, 2.75) is 65.7 Å². The lowest BCUT2D eigenvalue weighted by Crippen LogP contribution is -2.15. The Hall–Kier alpha value is -3.16. The monoisotopic (exact) mass is 437 g/mol. The molecule has 0 fully saturated rings. The van der Waals surface area contributed by atoms with Crippen LogP contribution in [0, 0.1) is 5.41 Å². The lowest BCUT2D eigenvalue weighted by Gasteiger charge is -2.28. The lowest BCUT2D eigenvalue weighted by atomic mass is 9.76. The molecular weight excluding hydrogens is 402 g/mol. The van der Waals surface area contributed by atoms with Gasteiger partial charge in [-0.3, -0.25) is 9.97 Å². The summed E-state index contributed by atoms with van der Waals surface area (Å²) in [4.78, 5) is 8.78. The van der Waals surface area contributed by atoms with Crippen molar-refractivity contribution in [3.63, 3.8) is 0 Å². The molecule has 3 heterocycles. The first-order chi connectivity index (χ1) is 16.0. The third-order valence-electron chi connectivity index (χ3n) is 6.55. The van der Waals surface area contributed by atoms with Gasteiger partial charge < -0.3 is 4.57 Å². The second-order valence-corrected chi connectivity index (χ2v) is 9.74. The summed E-state index contributed by atoms with van der Waals surface area (Å²) < 4.78 is 2.27. The third kappa shape index (κ3) is 5.10. The molecule has 1 aromatic carbocycles. The van der Waals surface area contributed by atoms with Crippen molar-refractivity contribution in [2.75, 3.05) is 0 Å². The van der Waals surface area contributed by atoms with Gasteiger partial charge in [-0.15, -0.1) is 5.73 Å². The van der Waals surface area contributed by atoms with Gasteiger partial charge in [0.1, 0.15) is 0 Å². The van der Waals surface area contributed by atoms with Crippen molar-refractivity contribution in [3.8, 4) is 5.69 Å². The van der Waals surface area contributed by atoms with Crippen LogP contribution in [-0.4, -0.2) is 14.5 Å². The topological polar surface area (TPSA) is 30.7 Å². The highest BCUT2D eigenvalue weighted by molar-refractivity contribution is 6.08. The highest BCUT2D eigenvalue weighted by Crippen LogP contribution is 2.37. The molecule has 0 radical (unpaired) electrons. The molecule has 0 N–H and O–H groups in total. The quantitative estimate of drug-likeness (QED) is 0.246. The molecule has 3 nitrogen and oxygen atoms in total. The maximum atomic E-state index is 4.39. The summed E-state index contributed by atoms with van der Waals surface area (Å²) in [6.45, 7) is 9.24. The molecule has 0 amide bonds. The molecule has 0 aliphatic rings. The predicted octanol–water partition coefficient (Wildman–Crippen LogP) is 8.39. The van der Waals surface area contributed by atoms with Crippen molar-refractivity contribution in [1.29, 1.82) is 0 Å². The summed E-state index contributed by atoms with van der Waals surface area (Å²) in [5.74, 6) is 0.357. The van der Waals surface area contributed by atoms with Gasteiger partial charge >= 0.3 is 0 Å². The lowest BCUT2D eigenvalue weighted by molar-refractivity contribution is 0.286. The van der Waals surface area contributed by atoms with Gasteiger partial charge in [0.05, 0.1) is 23.4 Å². The van der Waals surface area contributed by atoms with Crippen LogP contribution in [0.1, 0.15) is 71.3 Å². The minimum Gasteiger partial charge on any atom is -0.306 e.